The van der Waals surface area contributed by atoms with Gasteiger partial charge in [0.05, 0.1) is 12.1 Å². The Morgan fingerprint density at radius 3 is 2.49 bits per heavy atom. The second kappa shape index (κ2) is 10.9. The number of thiophene rings is 1. The highest BCUT2D eigenvalue weighted by molar-refractivity contribution is 7.12. The van der Waals surface area contributed by atoms with Gasteiger partial charge in [0.15, 0.2) is 0 Å². The van der Waals surface area contributed by atoms with E-state index >= 15 is 0 Å². The molecule has 0 aliphatic carbocycles. The van der Waals surface area contributed by atoms with Crippen LogP contribution in [0.15, 0.2) is 35.4 Å². The number of amides is 1. The minimum Gasteiger partial charge on any atom is -0.334 e. The van der Waals surface area contributed by atoms with Gasteiger partial charge in [0.25, 0.3) is 11.5 Å². The first-order valence-electron chi connectivity index (χ1n) is 13.6. The molecular weight excluding hydrogens is 480 g/mol. The number of likely N-dealkylation sites (tertiary alicyclic amines) is 1. The molecule has 2 aliphatic heterocycles. The summed E-state index contributed by atoms with van der Waals surface area (Å²) in [5.74, 6) is 1.24. The molecule has 7 heteroatoms. The van der Waals surface area contributed by atoms with Crippen LogP contribution in [0.5, 0.6) is 0 Å². The van der Waals surface area contributed by atoms with E-state index in [4.69, 9.17) is 0 Å². The zero-order valence-electron chi connectivity index (χ0n) is 22.5. The first-order valence-corrected chi connectivity index (χ1v) is 14.4. The Balaban J connectivity index is 1.30. The normalized spacial score (nSPS) is 17.7. The minimum atomic E-state index is -0.0832. The van der Waals surface area contributed by atoms with E-state index < -0.39 is 0 Å². The lowest BCUT2D eigenvalue weighted by molar-refractivity contribution is 0.0727. The van der Waals surface area contributed by atoms with Gasteiger partial charge in [-0.05, 0) is 99.8 Å². The molecule has 0 radical (unpaired) electrons. The smallest absolute Gasteiger partial charge is 0.255 e. The first kappa shape index (κ1) is 25.9. The third-order valence-corrected chi connectivity index (χ3v) is 9.83. The van der Waals surface area contributed by atoms with Crippen molar-refractivity contribution in [3.8, 4) is 0 Å². The lowest BCUT2D eigenvalue weighted by Crippen LogP contribution is -2.38. The van der Waals surface area contributed by atoms with Crippen molar-refractivity contribution < 1.29 is 4.79 Å². The van der Waals surface area contributed by atoms with E-state index in [1.165, 1.54) is 33.7 Å². The summed E-state index contributed by atoms with van der Waals surface area (Å²) in [5, 5.41) is 0. The molecule has 1 saturated heterocycles. The maximum Gasteiger partial charge on any atom is 0.255 e. The Hall–Kier alpha value is -2.77. The number of pyridine rings is 2. The molecule has 0 bridgehead atoms. The quantitative estimate of drug-likeness (QED) is 0.457. The fraction of sp³-hybridized carbons (Fsp3) is 0.500. The third-order valence-electron chi connectivity index (χ3n) is 8.34. The van der Waals surface area contributed by atoms with E-state index in [1.807, 2.05) is 48.5 Å². The third kappa shape index (κ3) is 5.30. The molecule has 1 fully saturated rings. The largest absolute Gasteiger partial charge is 0.334 e. The van der Waals surface area contributed by atoms with Gasteiger partial charge in [-0.1, -0.05) is 6.92 Å². The van der Waals surface area contributed by atoms with Gasteiger partial charge in [0, 0.05) is 52.9 Å². The highest BCUT2D eigenvalue weighted by Crippen LogP contribution is 2.44. The van der Waals surface area contributed by atoms with Crippen molar-refractivity contribution in [1.29, 1.82) is 0 Å². The van der Waals surface area contributed by atoms with Crippen LogP contribution in [0.4, 0.5) is 0 Å². The van der Waals surface area contributed by atoms with Crippen LogP contribution in [0.3, 0.4) is 0 Å². The Morgan fingerprint density at radius 2 is 1.81 bits per heavy atom. The SMILES string of the molecule is CC[C@@H](c1sc2c(c1C)C(=O)N(Cc1c(C)cc(C)[nH]c1=O)CC2)C1CCN(Cc2ccncc2)CC1. The van der Waals surface area contributed by atoms with Gasteiger partial charge in [-0.2, -0.15) is 0 Å². The van der Waals surface area contributed by atoms with Gasteiger partial charge >= 0.3 is 0 Å². The van der Waals surface area contributed by atoms with Crippen LogP contribution in [-0.2, 0) is 19.5 Å². The van der Waals surface area contributed by atoms with Crippen molar-refractivity contribution in [3.63, 3.8) is 0 Å². The molecule has 5 heterocycles. The predicted molar refractivity (Wildman–Crippen MR) is 149 cm³/mol. The van der Waals surface area contributed by atoms with E-state index in [1.54, 1.807) is 0 Å². The number of fused-ring (bicyclic) bond motifs is 1. The molecule has 1 atom stereocenters. The number of aryl methyl sites for hydroxylation is 2. The van der Waals surface area contributed by atoms with Crippen LogP contribution in [0, 0.1) is 26.7 Å². The maximum atomic E-state index is 13.7. The topological polar surface area (TPSA) is 69.3 Å². The molecule has 1 N–H and O–H groups in total. The number of H-pyrrole nitrogens is 1. The molecule has 0 spiro atoms. The van der Waals surface area contributed by atoms with Crippen molar-refractivity contribution in [1.82, 2.24) is 19.8 Å². The van der Waals surface area contributed by atoms with E-state index in [0.717, 1.165) is 49.3 Å². The van der Waals surface area contributed by atoms with Gasteiger partial charge in [0.2, 0.25) is 0 Å². The molecule has 1 amide bonds. The molecule has 3 aromatic heterocycles. The fourth-order valence-electron chi connectivity index (χ4n) is 6.31. The molecule has 0 saturated carbocycles. The number of rotatable bonds is 7. The minimum absolute atomic E-state index is 0.0832. The summed E-state index contributed by atoms with van der Waals surface area (Å²) in [6.07, 6.45) is 8.11. The lowest BCUT2D eigenvalue weighted by Gasteiger charge is -2.36. The molecule has 196 valence electrons. The van der Waals surface area contributed by atoms with Gasteiger partial charge in [-0.25, -0.2) is 0 Å². The molecule has 3 aromatic rings. The number of nitrogens with zero attached hydrogens (tertiary/aromatic N) is 3. The van der Waals surface area contributed by atoms with Crippen molar-refractivity contribution in [2.75, 3.05) is 19.6 Å². The van der Waals surface area contributed by atoms with Crippen LogP contribution < -0.4 is 5.56 Å². The average molecular weight is 519 g/mol. The summed E-state index contributed by atoms with van der Waals surface area (Å²) < 4.78 is 0. The average Bonchev–Trinajstić information content (AvgIpc) is 3.21. The second-order valence-electron chi connectivity index (χ2n) is 10.8. The summed E-state index contributed by atoms with van der Waals surface area (Å²) >= 11 is 1.88. The van der Waals surface area contributed by atoms with E-state index in [9.17, 15) is 9.59 Å². The number of hydrogen-bond donors (Lipinski definition) is 1. The number of nitrogens with one attached hydrogen (secondary N) is 1. The Morgan fingerprint density at radius 1 is 1.08 bits per heavy atom. The van der Waals surface area contributed by atoms with Crippen molar-refractivity contribution in [2.24, 2.45) is 5.92 Å². The first-order chi connectivity index (χ1) is 17.9. The standard InChI is InChI=1S/C30H38N4O2S/c1-5-24(23-8-13-33(14-9-23)17-22-6-11-31-12-7-22)28-21(4)27-26(37-28)10-15-34(30(27)36)18-25-19(2)16-20(3)32-29(25)35/h6-7,11-12,16,23-24H,5,8-10,13-15,17-18H2,1-4H3,(H,32,35)/t24-/m1/s1. The Labute approximate surface area is 223 Å². The van der Waals surface area contributed by atoms with Gasteiger partial charge in [0.1, 0.15) is 0 Å². The highest BCUT2D eigenvalue weighted by Gasteiger charge is 2.35. The summed E-state index contributed by atoms with van der Waals surface area (Å²) in [6, 6.07) is 6.20. The van der Waals surface area contributed by atoms with Crippen molar-refractivity contribution in [3.05, 3.63) is 84.2 Å². The summed E-state index contributed by atoms with van der Waals surface area (Å²) in [6.45, 7) is 12.6. The Kier molecular flexibility index (Phi) is 7.63. The number of piperidine rings is 1. The summed E-state index contributed by atoms with van der Waals surface area (Å²) in [4.78, 5) is 40.4. The highest BCUT2D eigenvalue weighted by atomic mass is 32.1. The molecule has 0 unspecified atom stereocenters. The molecular formula is C30H38N4O2S. The zero-order chi connectivity index (χ0) is 26.1. The monoisotopic (exact) mass is 518 g/mol. The molecule has 6 nitrogen and oxygen atoms in total. The summed E-state index contributed by atoms with van der Waals surface area (Å²) in [5.41, 5.74) is 5.82. The Bertz CT molecular complexity index is 1320. The van der Waals surface area contributed by atoms with Gasteiger partial charge in [-0.15, -0.1) is 11.3 Å². The predicted octanol–water partition coefficient (Wildman–Crippen LogP) is 5.36. The van der Waals surface area contributed by atoms with Crippen LogP contribution in [0.25, 0.3) is 0 Å². The second-order valence-corrected chi connectivity index (χ2v) is 11.9. The fourth-order valence-corrected chi connectivity index (χ4v) is 7.88. The van der Waals surface area contributed by atoms with Crippen molar-refractivity contribution >= 4 is 17.2 Å². The number of hydrogen-bond acceptors (Lipinski definition) is 5. The number of carbonyl (C=O) groups is 1. The van der Waals surface area contributed by atoms with Gasteiger partial charge < -0.3 is 9.88 Å². The summed E-state index contributed by atoms with van der Waals surface area (Å²) in [7, 11) is 0. The van der Waals surface area contributed by atoms with Crippen LogP contribution in [0.1, 0.15) is 80.2 Å². The van der Waals surface area contributed by atoms with Crippen molar-refractivity contribution in [2.45, 2.75) is 72.4 Å². The van der Waals surface area contributed by atoms with Gasteiger partial charge in [-0.3, -0.25) is 19.5 Å². The molecule has 0 aromatic carbocycles. The van der Waals surface area contributed by atoms with E-state index in [0.29, 0.717) is 30.5 Å². The zero-order valence-corrected chi connectivity index (χ0v) is 23.3. The molecule has 37 heavy (non-hydrogen) atoms. The molecule has 5 rings (SSSR count). The van der Waals surface area contributed by atoms with E-state index in [-0.39, 0.29) is 11.5 Å². The maximum absolute atomic E-state index is 13.7. The van der Waals surface area contributed by atoms with Crippen LogP contribution in [0.2, 0.25) is 0 Å². The number of aromatic amines is 1. The number of aromatic nitrogens is 2. The molecule has 2 aliphatic rings. The van der Waals surface area contributed by atoms with E-state index in [2.05, 4.69) is 40.8 Å². The number of carbonyl (C=O) groups excluding carboxylic acids is 1. The van der Waals surface area contributed by atoms with Crippen LogP contribution in [-0.4, -0.2) is 45.3 Å². The van der Waals surface area contributed by atoms with Crippen LogP contribution >= 0.6 is 11.3 Å². The lowest BCUT2D eigenvalue weighted by atomic mass is 9.80.